The predicted octanol–water partition coefficient (Wildman–Crippen LogP) is 19.5. The van der Waals surface area contributed by atoms with Crippen molar-refractivity contribution in [2.75, 3.05) is 0 Å². The van der Waals surface area contributed by atoms with Gasteiger partial charge in [-0.2, -0.15) is 0 Å². The van der Waals surface area contributed by atoms with Crippen LogP contribution < -0.4 is 74.3 Å². The highest BCUT2D eigenvalue weighted by Crippen LogP contribution is 2.43. The van der Waals surface area contributed by atoms with E-state index in [0.29, 0.717) is 0 Å². The zero-order valence-corrected chi connectivity index (χ0v) is 72.1. The number of para-hydroxylation sites is 6. The van der Waals surface area contributed by atoms with Crippen LogP contribution in [0.15, 0.2) is 485 Å². The van der Waals surface area contributed by atoms with Gasteiger partial charge in [0, 0.05) is 65.7 Å². The minimum atomic E-state index is -3.07. The second-order valence-electron chi connectivity index (χ2n) is 34.7. The van der Waals surface area contributed by atoms with Crippen LogP contribution in [0.25, 0.3) is 143 Å². The van der Waals surface area contributed by atoms with Crippen LogP contribution in [0.2, 0.25) is 0 Å². The second-order valence-corrected chi connectivity index (χ2v) is 42.2. The number of benzene rings is 20. The lowest BCUT2D eigenvalue weighted by molar-refractivity contribution is 1.17. The summed E-state index contributed by atoms with van der Waals surface area (Å²) in [5, 5.41) is 21.1. The van der Waals surface area contributed by atoms with Crippen molar-refractivity contribution in [2.45, 2.75) is 0 Å². The molecule has 594 valence electrons. The fourth-order valence-corrected chi connectivity index (χ4v) is 33.8. The Morgan fingerprint density at radius 3 is 0.898 bits per heavy atom. The van der Waals surface area contributed by atoms with Crippen LogP contribution in [0, 0.1) is 0 Å². The number of rotatable bonds is 13. The summed E-state index contributed by atoms with van der Waals surface area (Å²) in [6.45, 7) is -0.0782. The van der Waals surface area contributed by atoms with E-state index in [1.807, 2.05) is 0 Å². The zero-order valence-electron chi connectivity index (χ0n) is 70.1. The Kier molecular flexibility index (Phi) is 16.9. The fraction of sp³-hybridized carbons (Fsp3) is 0. The maximum Gasteiger partial charge on any atom is 0.241 e. The van der Waals surface area contributed by atoms with E-state index in [-0.39, 0.29) is 13.4 Å². The van der Waals surface area contributed by atoms with Crippen molar-refractivity contribution in [1.82, 2.24) is 18.3 Å². The summed E-state index contributed by atoms with van der Waals surface area (Å²) in [5.74, 6) is 0. The van der Waals surface area contributed by atoms with E-state index in [1.165, 1.54) is 189 Å². The molecule has 128 heavy (non-hydrogen) atoms. The van der Waals surface area contributed by atoms with Crippen molar-refractivity contribution < 1.29 is 0 Å². The number of fused-ring (bicyclic) bond motifs is 16. The van der Waals surface area contributed by atoms with Crippen molar-refractivity contribution in [3.63, 3.8) is 0 Å². The van der Waals surface area contributed by atoms with E-state index < -0.39 is 16.1 Å². The van der Waals surface area contributed by atoms with Gasteiger partial charge in [-0.05, 0) is 166 Å². The monoisotopic (exact) mass is 1650 g/mol. The molecule has 8 heteroatoms. The van der Waals surface area contributed by atoms with Crippen LogP contribution in [-0.4, -0.2) is 47.8 Å². The van der Waals surface area contributed by atoms with E-state index >= 15 is 0 Å². The second kappa shape index (κ2) is 29.4. The van der Waals surface area contributed by atoms with Crippen molar-refractivity contribution in [3.05, 3.63) is 485 Å². The Bertz CT molecular complexity index is 8430. The topological polar surface area (TPSA) is 19.7 Å². The maximum atomic E-state index is 2.53. The molecular weight excluding hydrogens is 1580 g/mol. The minimum Gasteiger partial charge on any atom is -0.309 e. The third kappa shape index (κ3) is 10.9. The van der Waals surface area contributed by atoms with E-state index in [9.17, 15) is 0 Å². The summed E-state index contributed by atoms with van der Waals surface area (Å²) in [6, 6.07) is 185. The molecule has 0 radical (unpaired) electrons. The number of nitrogens with zero attached hydrogens (tertiary/aromatic N) is 4. The third-order valence-electron chi connectivity index (χ3n) is 28.5. The van der Waals surface area contributed by atoms with Crippen molar-refractivity contribution >= 4 is 191 Å². The summed E-state index contributed by atoms with van der Waals surface area (Å²) in [5.41, 5.74) is 29.2. The van der Waals surface area contributed by atoms with E-state index in [1.54, 1.807) is 0 Å². The van der Waals surface area contributed by atoms with Crippen LogP contribution in [0.5, 0.6) is 0 Å². The lowest BCUT2D eigenvalue weighted by Gasteiger charge is -2.43. The van der Waals surface area contributed by atoms with Crippen LogP contribution in [0.3, 0.4) is 0 Å². The summed E-state index contributed by atoms with van der Waals surface area (Å²) in [7, 11) is -5.88. The van der Waals surface area contributed by atoms with Gasteiger partial charge < -0.3 is 18.3 Å². The molecule has 20 aromatic carbocycles. The Labute approximate surface area is 745 Å². The molecule has 0 fully saturated rings. The molecule has 0 aliphatic carbocycles. The first kappa shape index (κ1) is 73.7. The largest absolute Gasteiger partial charge is 0.309 e. The van der Waals surface area contributed by atoms with Gasteiger partial charge in [0.1, 0.15) is 0 Å². The summed E-state index contributed by atoms with van der Waals surface area (Å²) in [6.07, 6.45) is 0. The quantitative estimate of drug-likeness (QED) is 0.103. The number of hydrogen-bond acceptors (Lipinski definition) is 0. The van der Waals surface area contributed by atoms with Crippen molar-refractivity contribution in [2.24, 2.45) is 0 Å². The van der Waals surface area contributed by atoms with Gasteiger partial charge in [0.15, 0.2) is 16.1 Å². The van der Waals surface area contributed by atoms with Crippen LogP contribution >= 0.6 is 0 Å². The molecule has 4 aromatic heterocycles. The van der Waals surface area contributed by atoms with Crippen molar-refractivity contribution in [1.29, 1.82) is 0 Å². The molecule has 2 aliphatic heterocycles. The molecule has 0 atom stereocenters. The minimum absolute atomic E-state index is 0.0255. The molecule has 0 bridgehead atoms. The molecule has 4 nitrogen and oxygen atoms in total. The van der Waals surface area contributed by atoms with Crippen LogP contribution in [0.4, 0.5) is 0 Å². The van der Waals surface area contributed by atoms with Gasteiger partial charge in [0.2, 0.25) is 13.4 Å². The standard InChI is InChI=1S/C120H80B2N4Si2/c1-4-37-87(38-5-1)127(88-39-6-2-7-40-88)117-63-30-22-55-106(117)122(107-56-23-31-64-118(107)127)103-52-19-11-44-92(103)93-45-12-28-61-112(93)126-113-62-29-17-50-98(113)101-80-86(71-76-116(101)126)125-110-59-26-15-48-96(110)99-78-82(69-74-114(99)125)81-67-72-90(73-68-81)128(89-41-8-3-9-42-89)119-65-32-20-53-104(119)121(105-54-21-33-66-120(105)128)102-51-18-10-43-91(102)83-35-34-36-84(77-83)123-111-60-27-16-49-97(111)100-79-85(70-75-115(100)123)124-108-57-24-13-46-94(108)95-47-14-25-58-109(95)124/h1-80H. The highest BCUT2D eigenvalue weighted by atomic mass is 28.3. The Morgan fingerprint density at radius 2 is 0.453 bits per heavy atom. The first-order valence-corrected chi connectivity index (χ1v) is 48.7. The average molecular weight is 1660 g/mol. The third-order valence-corrected chi connectivity index (χ3v) is 38.3. The molecular formula is C120H80B2N4Si2. The smallest absolute Gasteiger partial charge is 0.241 e. The molecule has 26 rings (SSSR count). The molecule has 0 saturated carbocycles. The molecule has 0 unspecified atom stereocenters. The van der Waals surface area contributed by atoms with Gasteiger partial charge in [0.05, 0.1) is 49.8 Å². The van der Waals surface area contributed by atoms with E-state index in [2.05, 4.69) is 504 Å². The van der Waals surface area contributed by atoms with Crippen LogP contribution in [0.1, 0.15) is 0 Å². The van der Waals surface area contributed by atoms with Crippen molar-refractivity contribution in [3.8, 4) is 56.1 Å². The highest BCUT2D eigenvalue weighted by Gasteiger charge is 2.52. The van der Waals surface area contributed by atoms with Crippen LogP contribution in [-0.2, 0) is 0 Å². The van der Waals surface area contributed by atoms with Gasteiger partial charge in [-0.1, -0.05) is 421 Å². The van der Waals surface area contributed by atoms with Gasteiger partial charge in [-0.25, -0.2) is 0 Å². The van der Waals surface area contributed by atoms with Gasteiger partial charge in [-0.15, -0.1) is 0 Å². The zero-order chi connectivity index (χ0) is 84.1. The molecule has 0 amide bonds. The molecule has 2 aliphatic rings. The normalized spacial score (nSPS) is 13.2. The van der Waals surface area contributed by atoms with Gasteiger partial charge in [0.25, 0.3) is 0 Å². The molecule has 0 N–H and O–H groups in total. The summed E-state index contributed by atoms with van der Waals surface area (Å²) < 4.78 is 9.92. The average Bonchev–Trinajstić information content (AvgIpc) is 1.24. The molecule has 24 aromatic rings. The first-order chi connectivity index (χ1) is 63.6. The van der Waals surface area contributed by atoms with E-state index in [4.69, 9.17) is 0 Å². The maximum absolute atomic E-state index is 3.07. The predicted molar refractivity (Wildman–Crippen MR) is 550 cm³/mol. The molecule has 0 saturated heterocycles. The SMILES string of the molecule is c1ccc([Si]2(c3ccc(-c4ccc5c(c4)c4ccccc4n5-c4ccc5c(c4)c4ccccc4n5-c4ccccc4-c4ccccc4B4c5ccccc5[Si](c5ccccc5)(c5ccccc5)c5ccccc54)cc3)c3ccccc3B(c3ccccc3-c3cccc(-n4c5ccccc5c5cc(-n6c7ccccc7c7ccccc76)ccc54)c3)c3ccccc32)cc1. The van der Waals surface area contributed by atoms with Gasteiger partial charge >= 0.3 is 0 Å². The summed E-state index contributed by atoms with van der Waals surface area (Å²) in [4.78, 5) is 0. The van der Waals surface area contributed by atoms with E-state index in [0.717, 1.165) is 28.3 Å². The number of aromatic nitrogens is 4. The summed E-state index contributed by atoms with van der Waals surface area (Å²) >= 11 is 0. The Balaban J connectivity index is 0.555. The first-order valence-electron chi connectivity index (χ1n) is 44.7. The fourth-order valence-electron chi connectivity index (χ4n) is 23.3. The number of hydrogen-bond donors (Lipinski definition) is 0. The molecule has 6 heterocycles. The Morgan fingerprint density at radius 1 is 0.156 bits per heavy atom. The lowest BCUT2D eigenvalue weighted by Crippen LogP contribution is -2.86. The molecule has 0 spiro atoms. The lowest BCUT2D eigenvalue weighted by atomic mass is 9.35. The highest BCUT2D eigenvalue weighted by molar-refractivity contribution is 7.27. The Hall–Kier alpha value is -15.8. The van der Waals surface area contributed by atoms with Gasteiger partial charge in [-0.3, -0.25) is 0 Å².